The van der Waals surface area contributed by atoms with Crippen LogP contribution in [-0.2, 0) is 14.3 Å². The summed E-state index contributed by atoms with van der Waals surface area (Å²) in [6, 6.07) is 3.84. The van der Waals surface area contributed by atoms with Crippen LogP contribution in [0.2, 0.25) is 5.02 Å². The molecule has 8 heteroatoms. The molecule has 0 N–H and O–H groups in total. The number of hydrogen-bond acceptors (Lipinski definition) is 5. The molecule has 1 heterocycles. The number of amides is 1. The number of ether oxygens (including phenoxy) is 1. The van der Waals surface area contributed by atoms with E-state index < -0.39 is 16.8 Å². The van der Waals surface area contributed by atoms with E-state index in [4.69, 9.17) is 11.6 Å². The second-order valence-corrected chi connectivity index (χ2v) is 4.73. The zero-order valence-corrected chi connectivity index (χ0v) is 11.3. The maximum Gasteiger partial charge on any atom is 0.311 e. The van der Waals surface area contributed by atoms with Crippen molar-refractivity contribution in [3.8, 4) is 0 Å². The molecule has 0 aliphatic carbocycles. The van der Waals surface area contributed by atoms with Gasteiger partial charge in [-0.25, -0.2) is 0 Å². The normalized spacial score (nSPS) is 18.2. The molecule has 1 aliphatic heterocycles. The minimum atomic E-state index is -0.571. The lowest BCUT2D eigenvalue weighted by molar-refractivity contribution is -0.384. The lowest BCUT2D eigenvalue weighted by Crippen LogP contribution is -2.26. The average Bonchev–Trinajstić information content (AvgIpc) is 2.79. The number of anilines is 1. The Bertz CT molecular complexity index is 589. The van der Waals surface area contributed by atoms with Gasteiger partial charge in [0.1, 0.15) is 0 Å². The van der Waals surface area contributed by atoms with Gasteiger partial charge in [-0.3, -0.25) is 19.7 Å². The zero-order valence-electron chi connectivity index (χ0n) is 10.5. The summed E-state index contributed by atoms with van der Waals surface area (Å²) in [6.45, 7) is 0.156. The van der Waals surface area contributed by atoms with E-state index in [0.717, 1.165) is 0 Å². The van der Waals surface area contributed by atoms with Crippen LogP contribution in [0.5, 0.6) is 0 Å². The third-order valence-corrected chi connectivity index (χ3v) is 3.40. The first-order valence-corrected chi connectivity index (χ1v) is 6.14. The van der Waals surface area contributed by atoms with Crippen LogP contribution in [0.15, 0.2) is 18.2 Å². The molecule has 1 aromatic rings. The second kappa shape index (κ2) is 5.46. The molecule has 0 radical (unpaired) electrons. The molecule has 106 valence electrons. The van der Waals surface area contributed by atoms with Crippen molar-refractivity contribution in [1.29, 1.82) is 0 Å². The Hall–Kier alpha value is -2.15. The topological polar surface area (TPSA) is 89.8 Å². The Labute approximate surface area is 119 Å². The van der Waals surface area contributed by atoms with E-state index in [9.17, 15) is 19.7 Å². The monoisotopic (exact) mass is 298 g/mol. The molecule has 0 bridgehead atoms. The molecule has 0 spiro atoms. The van der Waals surface area contributed by atoms with Gasteiger partial charge in [0.05, 0.1) is 28.7 Å². The van der Waals surface area contributed by atoms with Crippen LogP contribution < -0.4 is 4.90 Å². The molecule has 20 heavy (non-hydrogen) atoms. The molecule has 1 saturated heterocycles. The van der Waals surface area contributed by atoms with Crippen LogP contribution in [0.25, 0.3) is 0 Å². The van der Waals surface area contributed by atoms with Gasteiger partial charge in [0.15, 0.2) is 0 Å². The highest BCUT2D eigenvalue weighted by Gasteiger charge is 2.36. The minimum absolute atomic E-state index is 0.0417. The molecular formula is C12H11ClN2O5. The fourth-order valence-corrected chi connectivity index (χ4v) is 2.37. The Kier molecular flexibility index (Phi) is 3.89. The molecule has 1 atom stereocenters. The van der Waals surface area contributed by atoms with Gasteiger partial charge in [-0.1, -0.05) is 11.6 Å². The summed E-state index contributed by atoms with van der Waals surface area (Å²) >= 11 is 5.97. The number of nitro groups is 1. The van der Waals surface area contributed by atoms with Crippen molar-refractivity contribution >= 4 is 34.9 Å². The molecule has 0 aromatic heterocycles. The van der Waals surface area contributed by atoms with Gasteiger partial charge in [0, 0.05) is 25.1 Å². The van der Waals surface area contributed by atoms with Crippen molar-refractivity contribution in [2.24, 2.45) is 5.92 Å². The molecule has 0 saturated carbocycles. The standard InChI is InChI=1S/C12H11ClN2O5/c1-20-12(17)7-4-11(16)14(6-7)10-3-2-8(15(18)19)5-9(10)13/h2-3,5,7H,4,6H2,1H3. The molecule has 1 unspecified atom stereocenters. The van der Waals surface area contributed by atoms with E-state index in [1.54, 1.807) is 0 Å². The molecule has 1 amide bonds. The lowest BCUT2D eigenvalue weighted by Gasteiger charge is -2.17. The maximum absolute atomic E-state index is 11.9. The number of methoxy groups -OCH3 is 1. The Morgan fingerprint density at radius 3 is 2.80 bits per heavy atom. The summed E-state index contributed by atoms with van der Waals surface area (Å²) in [5.41, 5.74) is 0.198. The third kappa shape index (κ3) is 2.57. The van der Waals surface area contributed by atoms with E-state index in [0.29, 0.717) is 5.69 Å². The smallest absolute Gasteiger partial charge is 0.311 e. The summed E-state index contributed by atoms with van der Waals surface area (Å²) in [5.74, 6) is -1.27. The summed E-state index contributed by atoms with van der Waals surface area (Å²) in [7, 11) is 1.26. The summed E-state index contributed by atoms with van der Waals surface area (Å²) in [5, 5.41) is 10.7. The van der Waals surface area contributed by atoms with Gasteiger partial charge >= 0.3 is 5.97 Å². The predicted octanol–water partition coefficient (Wildman–Crippen LogP) is 1.77. The molecule has 7 nitrogen and oxygen atoms in total. The van der Waals surface area contributed by atoms with E-state index in [-0.39, 0.29) is 29.6 Å². The molecule has 1 fully saturated rings. The lowest BCUT2D eigenvalue weighted by atomic mass is 10.1. The predicted molar refractivity (Wildman–Crippen MR) is 70.6 cm³/mol. The average molecular weight is 299 g/mol. The highest BCUT2D eigenvalue weighted by atomic mass is 35.5. The first-order valence-electron chi connectivity index (χ1n) is 5.76. The van der Waals surface area contributed by atoms with Crippen molar-refractivity contribution in [3.63, 3.8) is 0 Å². The van der Waals surface area contributed by atoms with Crippen molar-refractivity contribution in [2.75, 3.05) is 18.6 Å². The van der Waals surface area contributed by atoms with Crippen molar-refractivity contribution in [3.05, 3.63) is 33.3 Å². The van der Waals surface area contributed by atoms with E-state index in [1.807, 2.05) is 0 Å². The van der Waals surface area contributed by atoms with Crippen LogP contribution in [0.1, 0.15) is 6.42 Å². The summed E-state index contributed by atoms with van der Waals surface area (Å²) < 4.78 is 4.61. The highest BCUT2D eigenvalue weighted by Crippen LogP contribution is 2.33. The van der Waals surface area contributed by atoms with E-state index in [2.05, 4.69) is 4.74 Å². The number of halogens is 1. The Balaban J connectivity index is 2.26. The van der Waals surface area contributed by atoms with Gasteiger partial charge in [0.25, 0.3) is 5.69 Å². The number of carbonyl (C=O) groups excluding carboxylic acids is 2. The number of rotatable bonds is 3. The largest absolute Gasteiger partial charge is 0.469 e. The van der Waals surface area contributed by atoms with Gasteiger partial charge in [-0.15, -0.1) is 0 Å². The molecule has 2 rings (SSSR count). The number of nitrogens with zero attached hydrogens (tertiary/aromatic N) is 2. The Morgan fingerprint density at radius 2 is 2.25 bits per heavy atom. The second-order valence-electron chi connectivity index (χ2n) is 4.32. The Morgan fingerprint density at radius 1 is 1.55 bits per heavy atom. The van der Waals surface area contributed by atoms with Gasteiger partial charge < -0.3 is 9.64 Å². The summed E-state index contributed by atoms with van der Waals surface area (Å²) in [6.07, 6.45) is 0.0417. The fraction of sp³-hybridized carbons (Fsp3) is 0.333. The van der Waals surface area contributed by atoms with Crippen molar-refractivity contribution < 1.29 is 19.2 Å². The van der Waals surface area contributed by atoms with Gasteiger partial charge in [0.2, 0.25) is 5.91 Å². The van der Waals surface area contributed by atoms with Crippen LogP contribution in [-0.4, -0.2) is 30.5 Å². The first-order chi connectivity index (χ1) is 9.43. The van der Waals surface area contributed by atoms with Crippen LogP contribution in [0.3, 0.4) is 0 Å². The number of hydrogen-bond donors (Lipinski definition) is 0. The molecule has 1 aromatic carbocycles. The van der Waals surface area contributed by atoms with Crippen molar-refractivity contribution in [1.82, 2.24) is 0 Å². The van der Waals surface area contributed by atoms with Gasteiger partial charge in [-0.05, 0) is 6.07 Å². The highest BCUT2D eigenvalue weighted by molar-refractivity contribution is 6.34. The minimum Gasteiger partial charge on any atom is -0.469 e. The summed E-state index contributed by atoms with van der Waals surface area (Å²) in [4.78, 5) is 34.7. The van der Waals surface area contributed by atoms with Crippen LogP contribution >= 0.6 is 11.6 Å². The van der Waals surface area contributed by atoms with Crippen LogP contribution in [0.4, 0.5) is 11.4 Å². The first kappa shape index (κ1) is 14.3. The molecule has 1 aliphatic rings. The zero-order chi connectivity index (χ0) is 14.9. The number of benzene rings is 1. The third-order valence-electron chi connectivity index (χ3n) is 3.09. The number of carbonyl (C=O) groups is 2. The van der Waals surface area contributed by atoms with E-state index >= 15 is 0 Å². The van der Waals surface area contributed by atoms with Gasteiger partial charge in [-0.2, -0.15) is 0 Å². The van der Waals surface area contributed by atoms with Crippen LogP contribution in [0, 0.1) is 16.0 Å². The number of non-ortho nitro benzene ring substituents is 1. The SMILES string of the molecule is COC(=O)C1CC(=O)N(c2ccc([N+](=O)[O-])cc2Cl)C1. The van der Waals surface area contributed by atoms with Crippen molar-refractivity contribution in [2.45, 2.75) is 6.42 Å². The molecular weight excluding hydrogens is 288 g/mol. The fourth-order valence-electron chi connectivity index (χ4n) is 2.09. The quantitative estimate of drug-likeness (QED) is 0.482. The number of nitro benzene ring substituents is 1. The number of esters is 1. The maximum atomic E-state index is 11.9. The van der Waals surface area contributed by atoms with E-state index in [1.165, 1.54) is 30.2 Å².